The molecule has 0 bridgehead atoms. The van der Waals surface area contributed by atoms with Gasteiger partial charge in [0.05, 0.1) is 10.0 Å². The van der Waals surface area contributed by atoms with E-state index in [2.05, 4.69) is 9.88 Å². The maximum absolute atomic E-state index is 6.29. The summed E-state index contributed by atoms with van der Waals surface area (Å²) in [6.07, 6.45) is 3.57. The molecule has 3 nitrogen and oxygen atoms in total. The van der Waals surface area contributed by atoms with Gasteiger partial charge in [-0.05, 0) is 36.4 Å². The van der Waals surface area contributed by atoms with Gasteiger partial charge in [0.2, 0.25) is 0 Å². The SMILES string of the molecule is CN(Cc1ccncc1)C(CN)c1cccc(Cl)c1Cl. The first-order valence-corrected chi connectivity index (χ1v) is 7.12. The zero-order valence-corrected chi connectivity index (χ0v) is 12.8. The van der Waals surface area contributed by atoms with Crippen molar-refractivity contribution in [1.29, 1.82) is 0 Å². The lowest BCUT2D eigenvalue weighted by atomic mass is 10.0. The van der Waals surface area contributed by atoms with Gasteiger partial charge in [-0.2, -0.15) is 0 Å². The monoisotopic (exact) mass is 309 g/mol. The van der Waals surface area contributed by atoms with Crippen LogP contribution >= 0.6 is 23.2 Å². The molecule has 20 heavy (non-hydrogen) atoms. The van der Waals surface area contributed by atoms with Gasteiger partial charge in [0.15, 0.2) is 0 Å². The summed E-state index contributed by atoms with van der Waals surface area (Å²) in [5, 5.41) is 1.13. The fourth-order valence-electron chi connectivity index (χ4n) is 2.21. The van der Waals surface area contributed by atoms with Gasteiger partial charge in [-0.15, -0.1) is 0 Å². The van der Waals surface area contributed by atoms with Gasteiger partial charge < -0.3 is 5.73 Å². The lowest BCUT2D eigenvalue weighted by Gasteiger charge is -2.28. The van der Waals surface area contributed by atoms with Crippen LogP contribution in [0.25, 0.3) is 0 Å². The molecule has 2 N–H and O–H groups in total. The molecule has 0 radical (unpaired) electrons. The highest BCUT2D eigenvalue weighted by atomic mass is 35.5. The molecule has 0 amide bonds. The molecule has 1 aromatic carbocycles. The third-order valence-electron chi connectivity index (χ3n) is 3.28. The molecule has 0 fully saturated rings. The predicted octanol–water partition coefficient (Wildman–Crippen LogP) is 3.52. The molecule has 2 aromatic rings. The summed E-state index contributed by atoms with van der Waals surface area (Å²) in [4.78, 5) is 6.18. The minimum Gasteiger partial charge on any atom is -0.329 e. The van der Waals surface area contributed by atoms with Crippen molar-refractivity contribution in [3.63, 3.8) is 0 Å². The lowest BCUT2D eigenvalue weighted by Crippen LogP contribution is -2.30. The minimum absolute atomic E-state index is 0.0226. The Bertz CT molecular complexity index is 560. The highest BCUT2D eigenvalue weighted by Gasteiger charge is 2.19. The van der Waals surface area contributed by atoms with Gasteiger partial charge in [0.25, 0.3) is 0 Å². The molecule has 0 aliphatic carbocycles. The fourth-order valence-corrected chi connectivity index (χ4v) is 2.64. The van der Waals surface area contributed by atoms with Crippen LogP contribution in [0.2, 0.25) is 10.0 Å². The average molecular weight is 310 g/mol. The second-order valence-corrected chi connectivity index (χ2v) is 5.45. The largest absolute Gasteiger partial charge is 0.329 e. The van der Waals surface area contributed by atoms with Crippen molar-refractivity contribution in [1.82, 2.24) is 9.88 Å². The third-order valence-corrected chi connectivity index (χ3v) is 4.11. The van der Waals surface area contributed by atoms with E-state index in [1.807, 2.05) is 31.3 Å². The molecular formula is C15H17Cl2N3. The molecule has 0 saturated heterocycles. The van der Waals surface area contributed by atoms with E-state index in [9.17, 15) is 0 Å². The van der Waals surface area contributed by atoms with Gasteiger partial charge in [-0.25, -0.2) is 0 Å². The van der Waals surface area contributed by atoms with Crippen molar-refractivity contribution in [3.05, 3.63) is 63.9 Å². The highest BCUT2D eigenvalue weighted by Crippen LogP contribution is 2.32. The number of hydrogen-bond donors (Lipinski definition) is 1. The first-order valence-electron chi connectivity index (χ1n) is 6.36. The summed E-state index contributed by atoms with van der Waals surface area (Å²) in [7, 11) is 2.02. The Kier molecular flexibility index (Phi) is 5.38. The van der Waals surface area contributed by atoms with Crippen LogP contribution in [-0.4, -0.2) is 23.5 Å². The van der Waals surface area contributed by atoms with E-state index in [0.717, 1.165) is 12.1 Å². The molecule has 5 heteroatoms. The molecule has 0 saturated carbocycles. The molecule has 1 unspecified atom stereocenters. The summed E-state index contributed by atoms with van der Waals surface area (Å²) < 4.78 is 0. The average Bonchev–Trinajstić information content (AvgIpc) is 2.45. The van der Waals surface area contributed by atoms with Gasteiger partial charge in [0.1, 0.15) is 0 Å². The number of halogens is 2. The number of hydrogen-bond acceptors (Lipinski definition) is 3. The molecule has 106 valence electrons. The number of benzene rings is 1. The smallest absolute Gasteiger partial charge is 0.0640 e. The Morgan fingerprint density at radius 3 is 2.55 bits per heavy atom. The number of nitrogens with zero attached hydrogens (tertiary/aromatic N) is 2. The van der Waals surface area contributed by atoms with Gasteiger partial charge >= 0.3 is 0 Å². The van der Waals surface area contributed by atoms with Crippen LogP contribution in [0.1, 0.15) is 17.2 Å². The first-order chi connectivity index (χ1) is 9.63. The Balaban J connectivity index is 2.21. The Labute approximate surface area is 129 Å². The summed E-state index contributed by atoms with van der Waals surface area (Å²) in [5.74, 6) is 0. The predicted molar refractivity (Wildman–Crippen MR) is 84.0 cm³/mol. The van der Waals surface area contributed by atoms with Crippen LogP contribution in [0, 0.1) is 0 Å². The molecule has 0 aliphatic heterocycles. The first kappa shape index (κ1) is 15.3. The minimum atomic E-state index is 0.0226. The number of aromatic nitrogens is 1. The fraction of sp³-hybridized carbons (Fsp3) is 0.267. The van der Waals surface area contributed by atoms with Crippen molar-refractivity contribution >= 4 is 23.2 Å². The topological polar surface area (TPSA) is 42.2 Å². The summed E-state index contributed by atoms with van der Waals surface area (Å²) in [6, 6.07) is 9.65. The Hall–Kier alpha value is -1.13. The van der Waals surface area contributed by atoms with Crippen LogP contribution in [0.3, 0.4) is 0 Å². The van der Waals surface area contributed by atoms with Gasteiger partial charge in [0, 0.05) is 31.5 Å². The quantitative estimate of drug-likeness (QED) is 0.919. The van der Waals surface area contributed by atoms with E-state index < -0.39 is 0 Å². The second kappa shape index (κ2) is 7.04. The number of likely N-dealkylation sites (N-methyl/N-ethyl adjacent to an activating group) is 1. The van der Waals surface area contributed by atoms with E-state index in [1.54, 1.807) is 18.5 Å². The van der Waals surface area contributed by atoms with E-state index in [1.165, 1.54) is 5.56 Å². The van der Waals surface area contributed by atoms with Crippen molar-refractivity contribution in [2.45, 2.75) is 12.6 Å². The van der Waals surface area contributed by atoms with Crippen LogP contribution < -0.4 is 5.73 Å². The van der Waals surface area contributed by atoms with Crippen molar-refractivity contribution < 1.29 is 0 Å². The third kappa shape index (κ3) is 3.49. The van der Waals surface area contributed by atoms with E-state index in [0.29, 0.717) is 16.6 Å². The molecular weight excluding hydrogens is 293 g/mol. The Morgan fingerprint density at radius 2 is 1.90 bits per heavy atom. The van der Waals surface area contributed by atoms with Gasteiger partial charge in [-0.3, -0.25) is 9.88 Å². The zero-order chi connectivity index (χ0) is 14.5. The van der Waals surface area contributed by atoms with Crippen LogP contribution in [-0.2, 0) is 6.54 Å². The Morgan fingerprint density at radius 1 is 1.20 bits per heavy atom. The molecule has 2 rings (SSSR count). The normalized spacial score (nSPS) is 12.7. The van der Waals surface area contributed by atoms with E-state index >= 15 is 0 Å². The number of nitrogens with two attached hydrogens (primary N) is 1. The van der Waals surface area contributed by atoms with Crippen molar-refractivity contribution in [2.24, 2.45) is 5.73 Å². The maximum Gasteiger partial charge on any atom is 0.0640 e. The van der Waals surface area contributed by atoms with Crippen LogP contribution in [0.15, 0.2) is 42.7 Å². The number of pyridine rings is 1. The molecule has 1 atom stereocenters. The van der Waals surface area contributed by atoms with Crippen LogP contribution in [0.4, 0.5) is 0 Å². The molecule has 0 spiro atoms. The van der Waals surface area contributed by atoms with Crippen molar-refractivity contribution in [2.75, 3.05) is 13.6 Å². The molecule has 0 aliphatic rings. The second-order valence-electron chi connectivity index (χ2n) is 4.67. The standard InChI is InChI=1S/C15H17Cl2N3/c1-20(10-11-5-7-19-8-6-11)14(9-18)12-3-2-4-13(16)15(12)17/h2-8,14H,9-10,18H2,1H3. The summed E-state index contributed by atoms with van der Waals surface area (Å²) in [6.45, 7) is 1.24. The van der Waals surface area contributed by atoms with E-state index in [4.69, 9.17) is 28.9 Å². The van der Waals surface area contributed by atoms with Crippen molar-refractivity contribution in [3.8, 4) is 0 Å². The zero-order valence-electron chi connectivity index (χ0n) is 11.3. The maximum atomic E-state index is 6.29. The summed E-state index contributed by atoms with van der Waals surface area (Å²) >= 11 is 12.4. The lowest BCUT2D eigenvalue weighted by molar-refractivity contribution is 0.242. The van der Waals surface area contributed by atoms with E-state index in [-0.39, 0.29) is 6.04 Å². The summed E-state index contributed by atoms with van der Waals surface area (Å²) in [5.41, 5.74) is 8.06. The number of rotatable bonds is 5. The van der Waals surface area contributed by atoms with Crippen LogP contribution in [0.5, 0.6) is 0 Å². The molecule has 1 aromatic heterocycles. The highest BCUT2D eigenvalue weighted by molar-refractivity contribution is 6.42. The molecule has 1 heterocycles. The van der Waals surface area contributed by atoms with Gasteiger partial charge in [-0.1, -0.05) is 35.3 Å².